The Kier molecular flexibility index (Phi) is 10.1. The van der Waals surface area contributed by atoms with E-state index in [2.05, 4.69) is 9.89 Å². The molecule has 0 saturated carbocycles. The molecule has 1 amide bonds. The first-order chi connectivity index (χ1) is 26.1. The van der Waals surface area contributed by atoms with Crippen molar-refractivity contribution in [2.75, 3.05) is 58.1 Å². The van der Waals surface area contributed by atoms with E-state index >= 15 is 0 Å². The van der Waals surface area contributed by atoms with Gasteiger partial charge in [-0.15, -0.1) is 0 Å². The summed E-state index contributed by atoms with van der Waals surface area (Å²) in [7, 11) is 1.59. The Bertz CT molecular complexity index is 2180. The molecule has 3 aliphatic rings. The Balaban J connectivity index is 0.898. The molecule has 5 aromatic rings. The van der Waals surface area contributed by atoms with E-state index in [-0.39, 0.29) is 17.5 Å². The number of hydrogen-bond donors (Lipinski definition) is 0. The van der Waals surface area contributed by atoms with Gasteiger partial charge in [-0.25, -0.2) is 4.98 Å². The molecule has 272 valence electrons. The van der Waals surface area contributed by atoms with Crippen LogP contribution in [0.1, 0.15) is 42.5 Å². The zero-order chi connectivity index (χ0) is 36.1. The molecule has 0 radical (unpaired) electrons. The fourth-order valence-corrected chi connectivity index (χ4v) is 7.28. The van der Waals surface area contributed by atoms with E-state index in [0.29, 0.717) is 71.6 Å². The number of fused-ring (bicyclic) bond motifs is 3. The van der Waals surface area contributed by atoms with E-state index in [4.69, 9.17) is 23.9 Å². The molecule has 8 rings (SSSR count). The molecule has 1 aromatic heterocycles. The molecule has 0 unspecified atom stereocenters. The first-order valence-electron chi connectivity index (χ1n) is 18.5. The number of rotatable bonds is 12. The maximum absolute atomic E-state index is 14.2. The minimum Gasteiger partial charge on any atom is -0.494 e. The minimum atomic E-state index is -0.120. The second kappa shape index (κ2) is 15.5. The van der Waals surface area contributed by atoms with Crippen molar-refractivity contribution < 1.29 is 23.7 Å². The van der Waals surface area contributed by atoms with Gasteiger partial charge < -0.3 is 28.7 Å². The predicted molar refractivity (Wildman–Crippen MR) is 206 cm³/mol. The SMILES string of the molecule is COc1cc2c(cc1OCCCCCOc1ccc(-n3c(-c4ccccc4)nc4ccc(N5CCOCC5)cc4c3=O)cc1)N=C[C@@H]1CCCN1C2=O. The van der Waals surface area contributed by atoms with Crippen molar-refractivity contribution in [3.8, 4) is 34.3 Å². The smallest absolute Gasteiger partial charge is 0.266 e. The van der Waals surface area contributed by atoms with Crippen LogP contribution in [0.3, 0.4) is 0 Å². The summed E-state index contributed by atoms with van der Waals surface area (Å²) < 4.78 is 25.0. The molecule has 0 bridgehead atoms. The molecule has 0 N–H and O–H groups in total. The van der Waals surface area contributed by atoms with E-state index in [9.17, 15) is 9.59 Å². The van der Waals surface area contributed by atoms with E-state index < -0.39 is 0 Å². The third-order valence-corrected chi connectivity index (χ3v) is 10.1. The fraction of sp³-hybridized carbons (Fsp3) is 0.333. The summed E-state index contributed by atoms with van der Waals surface area (Å²) in [5, 5.41) is 0.572. The van der Waals surface area contributed by atoms with E-state index in [1.807, 2.05) is 90.0 Å². The van der Waals surface area contributed by atoms with Crippen LogP contribution in [-0.2, 0) is 4.74 Å². The van der Waals surface area contributed by atoms with Crippen LogP contribution in [0.4, 0.5) is 11.4 Å². The molecular formula is C42H43N5O6. The number of anilines is 1. The lowest BCUT2D eigenvalue weighted by Gasteiger charge is -2.29. The van der Waals surface area contributed by atoms with Crippen LogP contribution >= 0.6 is 0 Å². The number of hydrogen-bond acceptors (Lipinski definition) is 9. The molecule has 0 spiro atoms. The normalized spacial score (nSPS) is 16.7. The number of amides is 1. The van der Waals surface area contributed by atoms with E-state index in [0.717, 1.165) is 68.7 Å². The highest BCUT2D eigenvalue weighted by Gasteiger charge is 2.32. The summed E-state index contributed by atoms with van der Waals surface area (Å²) in [5.41, 5.74) is 4.29. The number of morpholine rings is 1. The first kappa shape index (κ1) is 34.4. The summed E-state index contributed by atoms with van der Waals surface area (Å²) in [6.45, 7) is 4.71. The Morgan fingerprint density at radius 3 is 2.38 bits per heavy atom. The Hall–Kier alpha value is -5.68. The molecule has 11 heteroatoms. The Morgan fingerprint density at radius 2 is 1.58 bits per heavy atom. The minimum absolute atomic E-state index is 0.00533. The lowest BCUT2D eigenvalue weighted by molar-refractivity contribution is 0.0774. The number of ether oxygens (including phenoxy) is 4. The zero-order valence-corrected chi connectivity index (χ0v) is 29.9. The summed E-state index contributed by atoms with van der Waals surface area (Å²) in [6, 6.07) is 27.0. The number of unbranched alkanes of at least 4 members (excludes halogenated alkanes) is 2. The van der Waals surface area contributed by atoms with Gasteiger partial charge in [0.1, 0.15) is 11.6 Å². The monoisotopic (exact) mass is 713 g/mol. The van der Waals surface area contributed by atoms with Gasteiger partial charge in [-0.3, -0.25) is 19.1 Å². The summed E-state index contributed by atoms with van der Waals surface area (Å²) >= 11 is 0. The second-order valence-corrected chi connectivity index (χ2v) is 13.5. The third-order valence-electron chi connectivity index (χ3n) is 10.1. The lowest BCUT2D eigenvalue weighted by atomic mass is 10.1. The van der Waals surface area contributed by atoms with Crippen LogP contribution in [0.5, 0.6) is 17.2 Å². The second-order valence-electron chi connectivity index (χ2n) is 13.5. The molecule has 2 fully saturated rings. The van der Waals surface area contributed by atoms with Gasteiger partial charge in [0.2, 0.25) is 0 Å². The first-order valence-corrected chi connectivity index (χ1v) is 18.5. The number of benzene rings is 4. The molecule has 2 saturated heterocycles. The van der Waals surface area contributed by atoms with Crippen LogP contribution in [0.2, 0.25) is 0 Å². The maximum atomic E-state index is 14.2. The highest BCUT2D eigenvalue weighted by Crippen LogP contribution is 2.38. The molecule has 3 aliphatic heterocycles. The van der Waals surface area contributed by atoms with Crippen molar-refractivity contribution >= 4 is 34.4 Å². The topological polar surface area (TPSA) is 108 Å². The summed E-state index contributed by atoms with van der Waals surface area (Å²) in [6.07, 6.45) is 6.39. The maximum Gasteiger partial charge on any atom is 0.266 e. The van der Waals surface area contributed by atoms with E-state index in [1.165, 1.54) is 0 Å². The van der Waals surface area contributed by atoms with Crippen molar-refractivity contribution in [3.63, 3.8) is 0 Å². The van der Waals surface area contributed by atoms with E-state index in [1.54, 1.807) is 17.7 Å². The predicted octanol–water partition coefficient (Wildman–Crippen LogP) is 6.85. The molecular weight excluding hydrogens is 670 g/mol. The average molecular weight is 714 g/mol. The largest absolute Gasteiger partial charge is 0.494 e. The van der Waals surface area contributed by atoms with Crippen LogP contribution < -0.4 is 24.7 Å². The lowest BCUT2D eigenvalue weighted by Crippen LogP contribution is -2.36. The average Bonchev–Trinajstić information content (AvgIpc) is 3.64. The quantitative estimate of drug-likeness (QED) is 0.129. The molecule has 4 heterocycles. The van der Waals surface area contributed by atoms with Gasteiger partial charge in [-0.1, -0.05) is 30.3 Å². The zero-order valence-electron chi connectivity index (χ0n) is 29.9. The Labute approximate surface area is 308 Å². The standard InChI is InChI=1S/C42H43N5O6/c1-50-38-26-35-37(43-28-32-11-8-18-46(32)41(35)48)27-39(38)53-22-7-3-6-21-52-33-15-12-30(13-16-33)47-40(29-9-4-2-5-10-29)44-36-17-14-31(25-34(36)42(47)49)45-19-23-51-24-20-45/h2,4-5,9-10,12-17,25-28,32H,3,6-8,11,18-24H2,1H3/t32-/m0/s1. The van der Waals surface area contributed by atoms with Gasteiger partial charge in [0.05, 0.1) is 67.4 Å². The molecule has 11 nitrogen and oxygen atoms in total. The third kappa shape index (κ3) is 7.21. The molecule has 0 aliphatic carbocycles. The number of methoxy groups -OCH3 is 1. The number of carbonyl (C=O) groups excluding carboxylic acids is 1. The summed E-state index contributed by atoms with van der Waals surface area (Å²) in [4.78, 5) is 41.1. The van der Waals surface area contributed by atoms with Gasteiger partial charge >= 0.3 is 0 Å². The van der Waals surface area contributed by atoms with Crippen LogP contribution in [-0.4, -0.2) is 85.8 Å². The fourth-order valence-electron chi connectivity index (χ4n) is 7.28. The molecule has 4 aromatic carbocycles. The molecule has 1 atom stereocenters. The summed E-state index contributed by atoms with van der Waals surface area (Å²) in [5.74, 6) is 2.43. The van der Waals surface area contributed by atoms with Crippen LogP contribution in [0.15, 0.2) is 94.7 Å². The van der Waals surface area contributed by atoms with Gasteiger partial charge in [-0.05, 0) is 80.6 Å². The number of carbonyl (C=O) groups is 1. The van der Waals surface area contributed by atoms with Crippen molar-refractivity contribution in [2.45, 2.75) is 38.1 Å². The number of aliphatic imine (C=N–C) groups is 1. The highest BCUT2D eigenvalue weighted by atomic mass is 16.5. The van der Waals surface area contributed by atoms with Crippen molar-refractivity contribution in [3.05, 3.63) is 101 Å². The Morgan fingerprint density at radius 1 is 0.811 bits per heavy atom. The molecule has 53 heavy (non-hydrogen) atoms. The van der Waals surface area contributed by atoms with Gasteiger partial charge in [0, 0.05) is 43.2 Å². The van der Waals surface area contributed by atoms with Crippen molar-refractivity contribution in [1.82, 2.24) is 14.5 Å². The van der Waals surface area contributed by atoms with Gasteiger partial charge in [0.25, 0.3) is 11.5 Å². The van der Waals surface area contributed by atoms with Crippen LogP contribution in [0, 0.1) is 0 Å². The number of nitrogens with zero attached hydrogens (tertiary/aromatic N) is 5. The number of aromatic nitrogens is 2. The van der Waals surface area contributed by atoms with Gasteiger partial charge in [-0.2, -0.15) is 0 Å². The van der Waals surface area contributed by atoms with Crippen molar-refractivity contribution in [2.24, 2.45) is 4.99 Å². The van der Waals surface area contributed by atoms with Gasteiger partial charge in [0.15, 0.2) is 11.5 Å². The van der Waals surface area contributed by atoms with Crippen molar-refractivity contribution in [1.29, 1.82) is 0 Å². The van der Waals surface area contributed by atoms with Crippen LogP contribution in [0.25, 0.3) is 28.0 Å². The highest BCUT2D eigenvalue weighted by molar-refractivity contribution is 6.03.